The number of nitrogens with zero attached hydrogens (tertiary/aromatic N) is 12. The van der Waals surface area contributed by atoms with Gasteiger partial charge in [0.25, 0.3) is 23.6 Å². The molecule has 4 fully saturated rings. The van der Waals surface area contributed by atoms with Gasteiger partial charge in [0.2, 0.25) is 17.7 Å². The molecule has 0 aliphatic carbocycles. The number of carbonyl (C=O) groups excluding carboxylic acids is 8. The molecule has 684 valence electrons. The van der Waals surface area contributed by atoms with E-state index in [4.69, 9.17) is 28.7 Å². The number of aromatic nitrogens is 8. The van der Waals surface area contributed by atoms with Crippen LogP contribution in [0.4, 0.5) is 31.1 Å². The number of benzene rings is 4. The number of amides is 8. The van der Waals surface area contributed by atoms with Crippen molar-refractivity contribution < 1.29 is 88.4 Å². The molecule has 8 amide bonds. The van der Waals surface area contributed by atoms with Gasteiger partial charge in [-0.1, -0.05) is 13.0 Å². The molecule has 35 heteroatoms. The van der Waals surface area contributed by atoms with Crippen LogP contribution in [0.1, 0.15) is 126 Å². The molecular weight excluding hydrogens is 1690 g/mol. The molecule has 0 unspecified atom stereocenters. The lowest BCUT2D eigenvalue weighted by Crippen LogP contribution is -2.46. The second-order valence-corrected chi connectivity index (χ2v) is 32.3. The first kappa shape index (κ1) is 94.2. The summed E-state index contributed by atoms with van der Waals surface area (Å²) in [6, 6.07) is 27.0. The number of halogens is 6. The third-order valence-electron chi connectivity index (χ3n) is 23.1. The predicted molar refractivity (Wildman–Crippen MR) is 473 cm³/mol. The lowest BCUT2D eigenvalue weighted by Gasteiger charge is -2.33. The van der Waals surface area contributed by atoms with E-state index in [0.717, 1.165) is 86.8 Å². The van der Waals surface area contributed by atoms with E-state index in [2.05, 4.69) is 59.7 Å². The fraction of sp³-hybridized carbons (Fsp3) is 0.368. The Labute approximate surface area is 746 Å². The molecule has 4 atom stereocenters. The largest absolute Gasteiger partial charge is 0.453 e. The van der Waals surface area contributed by atoms with Crippen LogP contribution in [0.2, 0.25) is 0 Å². The zero-order chi connectivity index (χ0) is 93.2. The SMILES string of the molecule is CCC(=O)N1CCO[C@H](Cc2c(-c3c(F)cc(C(=O)NC)cc3F)nc3cc(C)ccn23)C1.CCNC(=O)c1ccc(-c2nc3cc(C)ccn3c2C[C@H]2CN(C(C)=O)CCO2)c(C)c1.CNC(=O)c1cc(F)c(-c2nc3cc(C)ccn3c2C[C@@H]2CN(C(=O)OC)CCO2)c(F)c1.CNC(=O)c1cc(F)c(-c2nc3cc(C)ccn3c2C[C@H]2CN(C(C)=O)CCO2)c(F)c1. The summed E-state index contributed by atoms with van der Waals surface area (Å²) >= 11 is 0. The molecule has 8 aromatic heterocycles. The van der Waals surface area contributed by atoms with Gasteiger partial charge in [0.05, 0.1) is 127 Å². The molecule has 12 heterocycles. The second-order valence-electron chi connectivity index (χ2n) is 32.3. The molecule has 0 bridgehead atoms. The van der Waals surface area contributed by atoms with Gasteiger partial charge in [0.15, 0.2) is 0 Å². The zero-order valence-corrected chi connectivity index (χ0v) is 74.6. The molecule has 12 aromatic rings. The number of nitrogens with one attached hydrogen (secondary N) is 4. The second kappa shape index (κ2) is 41.4. The maximum atomic E-state index is 15.1. The number of fused-ring (bicyclic) bond motifs is 4. The Kier molecular flexibility index (Phi) is 30.0. The Hall–Kier alpha value is -13.4. The van der Waals surface area contributed by atoms with Crippen molar-refractivity contribution in [2.75, 3.05) is 114 Å². The summed E-state index contributed by atoms with van der Waals surface area (Å²) < 4.78 is 126. The molecule has 0 spiro atoms. The van der Waals surface area contributed by atoms with Crippen molar-refractivity contribution in [3.8, 4) is 45.0 Å². The molecule has 4 aromatic carbocycles. The molecule has 16 rings (SSSR count). The number of hydrogen-bond donors (Lipinski definition) is 4. The van der Waals surface area contributed by atoms with Crippen molar-refractivity contribution in [3.63, 3.8) is 0 Å². The summed E-state index contributed by atoms with van der Waals surface area (Å²) in [5.74, 6) is -7.05. The van der Waals surface area contributed by atoms with Crippen LogP contribution in [0.15, 0.2) is 128 Å². The van der Waals surface area contributed by atoms with Crippen LogP contribution in [0.5, 0.6) is 0 Å². The van der Waals surface area contributed by atoms with Crippen molar-refractivity contribution in [3.05, 3.63) is 236 Å². The Bertz CT molecular complexity index is 6070. The van der Waals surface area contributed by atoms with E-state index in [1.807, 2.05) is 113 Å². The molecule has 4 aliphatic rings. The molecule has 0 saturated carbocycles. The monoisotopic (exact) mass is 1790 g/mol. The zero-order valence-electron chi connectivity index (χ0n) is 74.6. The van der Waals surface area contributed by atoms with E-state index in [1.54, 1.807) is 42.3 Å². The van der Waals surface area contributed by atoms with Crippen LogP contribution in [0, 0.1) is 69.5 Å². The highest BCUT2D eigenvalue weighted by Gasteiger charge is 2.35. The van der Waals surface area contributed by atoms with Gasteiger partial charge in [-0.15, -0.1) is 0 Å². The lowest BCUT2D eigenvalue weighted by atomic mass is 9.99. The van der Waals surface area contributed by atoms with Crippen molar-refractivity contribution in [1.29, 1.82) is 0 Å². The number of methoxy groups -OCH3 is 1. The highest BCUT2D eigenvalue weighted by atomic mass is 19.2. The van der Waals surface area contributed by atoms with Crippen molar-refractivity contribution in [2.24, 2.45) is 0 Å². The van der Waals surface area contributed by atoms with Gasteiger partial charge >= 0.3 is 6.09 Å². The number of rotatable bonds is 18. The van der Waals surface area contributed by atoms with Gasteiger partial charge in [0, 0.05) is 172 Å². The third-order valence-corrected chi connectivity index (χ3v) is 23.1. The standard InChI is InChI=1S/C25H30N4O3.C24H26F2N4O3.C23H24F2N4O4.C23H24F2N4O3/c1-5-26-25(31)19-6-7-21(17(3)13-19)24-22(29-9-8-16(2)12-23(29)27-24)14-20-15-28(18(4)30)10-11-32-20;1-4-21(31)29-7-8-33-16(13-29)12-19-23(28-20-9-14(2)5-6-30(19)20)22-17(25)10-15(11-18(22)26)24(32)27-3;1-13-4-5-29-18(11-15-12-28(6-7-33-15)23(31)32-3)21(27-19(29)8-13)20-16(24)9-14(10-17(20)25)22(30)26-2;1-13-4-5-29-19(11-16-12-28(14(2)30)6-7-32-16)22(27-20(29)8-13)21-17(24)9-15(10-18(21)25)23(31)26-3/h6-9,12-13,20H,5,10-11,14-15H2,1-4H3,(H,26,31);5-6,9-11,16H,4,7-8,12-13H2,1-3H3,(H,27,32);4-5,8-10,15H,6-7,11-12H2,1-3H3,(H,26,30);4-5,8-10,16H,6-7,11-12H2,1-3H3,(H,26,31)/t20-;16-;15-;16-/m0110/s1. The molecular formula is C95H104F6N16O13. The fourth-order valence-electron chi connectivity index (χ4n) is 16.5. The molecule has 4 N–H and O–H groups in total. The van der Waals surface area contributed by atoms with E-state index in [1.165, 1.54) is 40.1 Å². The summed E-state index contributed by atoms with van der Waals surface area (Å²) in [4.78, 5) is 121. The molecule has 0 radical (unpaired) electrons. The fourth-order valence-corrected chi connectivity index (χ4v) is 16.5. The minimum atomic E-state index is -0.893. The average molecular weight is 1790 g/mol. The quantitative estimate of drug-likeness (QED) is 0.0580. The first-order chi connectivity index (χ1) is 62.3. The average Bonchev–Trinajstić information content (AvgIpc) is 1.64. The maximum absolute atomic E-state index is 15.1. The third kappa shape index (κ3) is 21.1. The van der Waals surface area contributed by atoms with Crippen LogP contribution in [0.3, 0.4) is 0 Å². The number of morpholine rings is 4. The Balaban J connectivity index is 0.000000148. The number of hydrogen-bond acceptors (Lipinski definition) is 17. The smallest absolute Gasteiger partial charge is 0.409 e. The topological polar surface area (TPSA) is 313 Å². The van der Waals surface area contributed by atoms with Gasteiger partial charge in [-0.3, -0.25) is 33.6 Å². The normalized spacial score (nSPS) is 16.3. The number of aryl methyl sites for hydroxylation is 5. The molecule has 29 nitrogen and oxygen atoms in total. The summed E-state index contributed by atoms with van der Waals surface area (Å²) in [5, 5.41) is 9.93. The van der Waals surface area contributed by atoms with Crippen LogP contribution in [0.25, 0.3) is 67.6 Å². The van der Waals surface area contributed by atoms with Gasteiger partial charge in [0.1, 0.15) is 57.5 Å². The van der Waals surface area contributed by atoms with Crippen LogP contribution in [-0.4, -0.2) is 243 Å². The van der Waals surface area contributed by atoms with Crippen molar-refractivity contribution in [1.82, 2.24) is 78.4 Å². The van der Waals surface area contributed by atoms with Gasteiger partial charge < -0.3 is 82.2 Å². The van der Waals surface area contributed by atoms with E-state index in [-0.39, 0.29) is 105 Å². The minimum absolute atomic E-state index is 0.0409. The Morgan fingerprint density at radius 3 is 0.992 bits per heavy atom. The Morgan fingerprint density at radius 1 is 0.392 bits per heavy atom. The highest BCUT2D eigenvalue weighted by molar-refractivity contribution is 5.97. The van der Waals surface area contributed by atoms with E-state index in [9.17, 15) is 38.4 Å². The first-order valence-electron chi connectivity index (χ1n) is 42.8. The molecule has 4 saturated heterocycles. The van der Waals surface area contributed by atoms with Gasteiger partial charge in [-0.25, -0.2) is 51.1 Å². The van der Waals surface area contributed by atoms with Crippen LogP contribution >= 0.6 is 0 Å². The summed E-state index contributed by atoms with van der Waals surface area (Å²) in [7, 11) is 5.48. The first-order valence-corrected chi connectivity index (χ1v) is 42.8. The number of pyridine rings is 4. The van der Waals surface area contributed by atoms with Gasteiger partial charge in [-0.05, 0) is 166 Å². The number of ether oxygens (including phenoxy) is 5. The summed E-state index contributed by atoms with van der Waals surface area (Å²) in [6.45, 7) is 22.5. The summed E-state index contributed by atoms with van der Waals surface area (Å²) in [6.07, 6.45) is 7.69. The summed E-state index contributed by atoms with van der Waals surface area (Å²) in [5.41, 5.74) is 11.9. The van der Waals surface area contributed by atoms with Crippen molar-refractivity contribution in [2.45, 2.75) is 119 Å². The van der Waals surface area contributed by atoms with Crippen LogP contribution in [-0.2, 0) is 63.8 Å². The maximum Gasteiger partial charge on any atom is 0.409 e. The highest BCUT2D eigenvalue weighted by Crippen LogP contribution is 2.38. The Morgan fingerprint density at radius 2 is 0.692 bits per heavy atom. The molecule has 4 aliphatic heterocycles. The van der Waals surface area contributed by atoms with E-state index < -0.39 is 64.8 Å². The van der Waals surface area contributed by atoms with Gasteiger partial charge in [-0.2, -0.15) is 0 Å². The number of carbonyl (C=O) groups is 8. The van der Waals surface area contributed by atoms with Crippen LogP contribution < -0.4 is 21.3 Å². The number of imidazole rings is 4. The molecule has 130 heavy (non-hydrogen) atoms. The lowest BCUT2D eigenvalue weighted by molar-refractivity contribution is -0.138. The van der Waals surface area contributed by atoms with E-state index >= 15 is 26.3 Å². The van der Waals surface area contributed by atoms with E-state index in [0.29, 0.717) is 144 Å². The minimum Gasteiger partial charge on any atom is -0.453 e. The predicted octanol–water partition coefficient (Wildman–Crippen LogP) is 12.0. The van der Waals surface area contributed by atoms with Crippen molar-refractivity contribution >= 4 is 70.0 Å².